The highest BCUT2D eigenvalue weighted by Gasteiger charge is 2.24. The second kappa shape index (κ2) is 4.47. The van der Waals surface area contributed by atoms with Crippen molar-refractivity contribution in [2.75, 3.05) is 7.11 Å². The highest BCUT2D eigenvalue weighted by atomic mass is 16.5. The van der Waals surface area contributed by atoms with Crippen molar-refractivity contribution >= 4 is 5.78 Å². The molecule has 0 fully saturated rings. The molecule has 4 heteroatoms. The molecule has 0 saturated heterocycles. The van der Waals surface area contributed by atoms with Crippen LogP contribution >= 0.6 is 0 Å². The topological polar surface area (TPSA) is 44.1 Å². The molecule has 0 N–H and O–H groups in total. The van der Waals surface area contributed by atoms with E-state index in [0.717, 1.165) is 0 Å². The molecular weight excluding hydrogens is 192 g/mol. The first kappa shape index (κ1) is 11.8. The van der Waals surface area contributed by atoms with Gasteiger partial charge < -0.3 is 4.74 Å². The zero-order valence-electron chi connectivity index (χ0n) is 9.94. The number of aryl methyl sites for hydroxylation is 1. The molecule has 1 unspecified atom stereocenters. The summed E-state index contributed by atoms with van der Waals surface area (Å²) in [5, 5.41) is 4.02. The zero-order chi connectivity index (χ0) is 11.6. The monoisotopic (exact) mass is 210 g/mol. The van der Waals surface area contributed by atoms with Gasteiger partial charge in [0.1, 0.15) is 5.69 Å². The minimum Gasteiger partial charge on any atom is -0.493 e. The summed E-state index contributed by atoms with van der Waals surface area (Å²) in [5.41, 5.74) is 0.554. The average Bonchev–Trinajstić information content (AvgIpc) is 2.57. The van der Waals surface area contributed by atoms with Crippen molar-refractivity contribution < 1.29 is 9.53 Å². The Morgan fingerprint density at radius 1 is 1.47 bits per heavy atom. The lowest BCUT2D eigenvalue weighted by Crippen LogP contribution is -2.20. The number of carbonyl (C=O) groups is 1. The van der Waals surface area contributed by atoms with Gasteiger partial charge in [0.2, 0.25) is 0 Å². The molecule has 1 atom stereocenters. The van der Waals surface area contributed by atoms with E-state index in [4.69, 9.17) is 4.74 Å². The van der Waals surface area contributed by atoms with E-state index in [0.29, 0.717) is 17.4 Å². The van der Waals surface area contributed by atoms with Gasteiger partial charge in [0.25, 0.3) is 0 Å². The van der Waals surface area contributed by atoms with E-state index in [-0.39, 0.29) is 11.7 Å². The minimum absolute atomic E-state index is 0.0192. The summed E-state index contributed by atoms with van der Waals surface area (Å²) in [7, 11) is 3.30. The van der Waals surface area contributed by atoms with Crippen LogP contribution in [0.1, 0.15) is 31.3 Å². The Kier molecular flexibility index (Phi) is 3.50. The number of carbonyl (C=O) groups excluding carboxylic acids is 1. The second-order valence-corrected chi connectivity index (χ2v) is 4.08. The molecule has 1 heterocycles. The Morgan fingerprint density at radius 2 is 2.07 bits per heavy atom. The van der Waals surface area contributed by atoms with Crippen molar-refractivity contribution in [1.29, 1.82) is 0 Å². The Labute approximate surface area is 90.2 Å². The molecule has 1 aromatic heterocycles. The van der Waals surface area contributed by atoms with Crippen LogP contribution in [0.4, 0.5) is 0 Å². The maximum absolute atomic E-state index is 12.1. The summed E-state index contributed by atoms with van der Waals surface area (Å²) in [4.78, 5) is 12.1. The first-order valence-electron chi connectivity index (χ1n) is 5.09. The number of hydrogen-bond acceptors (Lipinski definition) is 3. The Balaban J connectivity index is 3.04. The average molecular weight is 210 g/mol. The Morgan fingerprint density at radius 3 is 2.53 bits per heavy atom. The van der Waals surface area contributed by atoms with E-state index in [1.54, 1.807) is 25.0 Å². The van der Waals surface area contributed by atoms with Gasteiger partial charge in [-0.25, -0.2) is 0 Å². The summed E-state index contributed by atoms with van der Waals surface area (Å²) in [6.07, 6.45) is 1.57. The SMILES string of the molecule is COc1cnn(C)c1C(=O)C(C)C(C)C. The summed E-state index contributed by atoms with van der Waals surface area (Å²) >= 11 is 0. The molecule has 84 valence electrons. The molecule has 15 heavy (non-hydrogen) atoms. The van der Waals surface area contributed by atoms with Gasteiger partial charge in [-0.1, -0.05) is 20.8 Å². The number of methoxy groups -OCH3 is 1. The molecular formula is C11H18N2O2. The minimum atomic E-state index is -0.0192. The third-order valence-electron chi connectivity index (χ3n) is 2.77. The van der Waals surface area contributed by atoms with E-state index in [1.807, 2.05) is 20.8 Å². The van der Waals surface area contributed by atoms with Crippen molar-refractivity contribution in [1.82, 2.24) is 9.78 Å². The Hall–Kier alpha value is -1.32. The van der Waals surface area contributed by atoms with Crippen molar-refractivity contribution in [2.24, 2.45) is 18.9 Å². The number of hydrogen-bond donors (Lipinski definition) is 0. The highest BCUT2D eigenvalue weighted by molar-refractivity contribution is 5.98. The first-order valence-corrected chi connectivity index (χ1v) is 5.09. The lowest BCUT2D eigenvalue weighted by molar-refractivity contribution is 0.0886. The van der Waals surface area contributed by atoms with E-state index in [2.05, 4.69) is 5.10 Å². The number of rotatable bonds is 4. The molecule has 0 aliphatic rings. The number of Topliss-reactive ketones (excluding diaryl/α,β-unsaturated/α-hetero) is 1. The molecule has 0 aliphatic carbocycles. The lowest BCUT2D eigenvalue weighted by atomic mass is 9.92. The van der Waals surface area contributed by atoms with Gasteiger partial charge in [-0.15, -0.1) is 0 Å². The first-order chi connectivity index (χ1) is 6.99. The standard InChI is InChI=1S/C11H18N2O2/c1-7(2)8(3)11(14)10-9(15-5)6-12-13(10)4/h6-8H,1-5H3. The normalized spacial score (nSPS) is 12.9. The highest BCUT2D eigenvalue weighted by Crippen LogP contribution is 2.23. The molecule has 0 aliphatic heterocycles. The number of ketones is 1. The van der Waals surface area contributed by atoms with Crippen molar-refractivity contribution in [3.05, 3.63) is 11.9 Å². The van der Waals surface area contributed by atoms with Gasteiger partial charge in [-0.2, -0.15) is 5.10 Å². The van der Waals surface area contributed by atoms with Crippen LogP contribution in [-0.4, -0.2) is 22.7 Å². The van der Waals surface area contributed by atoms with Gasteiger partial charge >= 0.3 is 0 Å². The molecule has 1 aromatic rings. The van der Waals surface area contributed by atoms with E-state index >= 15 is 0 Å². The van der Waals surface area contributed by atoms with Gasteiger partial charge in [0.15, 0.2) is 11.5 Å². The molecule has 0 saturated carbocycles. The molecule has 0 amide bonds. The third-order valence-corrected chi connectivity index (χ3v) is 2.77. The third kappa shape index (κ3) is 2.19. The quantitative estimate of drug-likeness (QED) is 0.713. The maximum atomic E-state index is 12.1. The van der Waals surface area contributed by atoms with E-state index < -0.39 is 0 Å². The molecule has 1 rings (SSSR count). The van der Waals surface area contributed by atoms with E-state index in [9.17, 15) is 4.79 Å². The predicted octanol–water partition coefficient (Wildman–Crippen LogP) is 1.90. The fourth-order valence-electron chi connectivity index (χ4n) is 1.37. The number of ether oxygens (including phenoxy) is 1. The molecule has 4 nitrogen and oxygen atoms in total. The van der Waals surface area contributed by atoms with Crippen LogP contribution in [0.15, 0.2) is 6.20 Å². The predicted molar refractivity (Wildman–Crippen MR) is 58.1 cm³/mol. The van der Waals surface area contributed by atoms with Crippen LogP contribution in [-0.2, 0) is 7.05 Å². The van der Waals surface area contributed by atoms with Crippen LogP contribution in [0.2, 0.25) is 0 Å². The molecule has 0 bridgehead atoms. The van der Waals surface area contributed by atoms with Crippen molar-refractivity contribution in [3.63, 3.8) is 0 Å². The molecule has 0 aromatic carbocycles. The maximum Gasteiger partial charge on any atom is 0.187 e. The van der Waals surface area contributed by atoms with E-state index in [1.165, 1.54) is 0 Å². The van der Waals surface area contributed by atoms with Crippen molar-refractivity contribution in [2.45, 2.75) is 20.8 Å². The zero-order valence-corrected chi connectivity index (χ0v) is 9.94. The molecule has 0 radical (unpaired) electrons. The van der Waals surface area contributed by atoms with Gasteiger partial charge in [0, 0.05) is 13.0 Å². The van der Waals surface area contributed by atoms with Crippen LogP contribution < -0.4 is 4.74 Å². The molecule has 0 spiro atoms. The van der Waals surface area contributed by atoms with Crippen LogP contribution in [0, 0.1) is 11.8 Å². The van der Waals surface area contributed by atoms with Crippen LogP contribution in [0.25, 0.3) is 0 Å². The van der Waals surface area contributed by atoms with Gasteiger partial charge in [0.05, 0.1) is 13.3 Å². The smallest absolute Gasteiger partial charge is 0.187 e. The largest absolute Gasteiger partial charge is 0.493 e. The van der Waals surface area contributed by atoms with Gasteiger partial charge in [-0.05, 0) is 5.92 Å². The summed E-state index contributed by atoms with van der Waals surface area (Å²) in [6.45, 7) is 6.00. The second-order valence-electron chi connectivity index (χ2n) is 4.08. The van der Waals surface area contributed by atoms with Crippen LogP contribution in [0.5, 0.6) is 5.75 Å². The summed E-state index contributed by atoms with van der Waals surface area (Å²) < 4.78 is 6.68. The summed E-state index contributed by atoms with van der Waals surface area (Å²) in [5.74, 6) is 0.934. The number of nitrogens with zero attached hydrogens (tertiary/aromatic N) is 2. The van der Waals surface area contributed by atoms with Gasteiger partial charge in [-0.3, -0.25) is 9.48 Å². The lowest BCUT2D eigenvalue weighted by Gasteiger charge is -2.14. The van der Waals surface area contributed by atoms with Crippen LogP contribution in [0.3, 0.4) is 0 Å². The fourth-order valence-corrected chi connectivity index (χ4v) is 1.37. The number of aromatic nitrogens is 2. The van der Waals surface area contributed by atoms with Crippen molar-refractivity contribution in [3.8, 4) is 5.75 Å². The Bertz CT molecular complexity index is 355. The summed E-state index contributed by atoms with van der Waals surface area (Å²) in [6, 6.07) is 0. The fraction of sp³-hybridized carbons (Fsp3) is 0.636.